The van der Waals surface area contributed by atoms with Gasteiger partial charge < -0.3 is 19.7 Å². The Morgan fingerprint density at radius 1 is 1.33 bits per heavy atom. The molecule has 7 heteroatoms. The fraction of sp³-hybridized carbons (Fsp3) is 0.706. The number of nitrogens with one attached hydrogen (secondary N) is 1. The number of rotatable bonds is 6. The van der Waals surface area contributed by atoms with E-state index in [-0.39, 0.29) is 11.9 Å². The highest BCUT2D eigenvalue weighted by atomic mass is 16.5. The van der Waals surface area contributed by atoms with Crippen LogP contribution in [0.25, 0.3) is 0 Å². The largest absolute Gasteiger partial charge is 0.481 e. The Balaban J connectivity index is 1.73. The van der Waals surface area contributed by atoms with Gasteiger partial charge in [0.25, 0.3) is 5.91 Å². The molecule has 1 amide bonds. The van der Waals surface area contributed by atoms with Gasteiger partial charge in [0.1, 0.15) is 5.60 Å². The van der Waals surface area contributed by atoms with Gasteiger partial charge in [0.2, 0.25) is 11.8 Å². The summed E-state index contributed by atoms with van der Waals surface area (Å²) in [5, 5.41) is 3.18. The van der Waals surface area contributed by atoms with Gasteiger partial charge in [-0.15, -0.1) is 0 Å². The van der Waals surface area contributed by atoms with Crippen LogP contribution in [0, 0.1) is 11.8 Å². The van der Waals surface area contributed by atoms with Gasteiger partial charge in [-0.3, -0.25) is 4.79 Å². The van der Waals surface area contributed by atoms with Crippen molar-refractivity contribution in [2.24, 2.45) is 11.8 Å². The van der Waals surface area contributed by atoms with Gasteiger partial charge in [-0.1, -0.05) is 0 Å². The zero-order valence-electron chi connectivity index (χ0n) is 14.8. The van der Waals surface area contributed by atoms with E-state index in [9.17, 15) is 4.79 Å². The monoisotopic (exact) mass is 334 g/mol. The lowest BCUT2D eigenvalue weighted by atomic mass is 9.97. The molecule has 2 fully saturated rings. The first kappa shape index (κ1) is 17.0. The number of hydrogen-bond donors (Lipinski definition) is 1. The number of anilines is 1. The molecule has 1 aliphatic heterocycles. The van der Waals surface area contributed by atoms with E-state index in [1.54, 1.807) is 40.3 Å². The van der Waals surface area contributed by atoms with Crippen LogP contribution >= 0.6 is 0 Å². The Kier molecular flexibility index (Phi) is 4.62. The van der Waals surface area contributed by atoms with E-state index < -0.39 is 5.60 Å². The molecule has 1 saturated heterocycles. The lowest BCUT2D eigenvalue weighted by Crippen LogP contribution is -2.50. The second kappa shape index (κ2) is 6.55. The van der Waals surface area contributed by atoms with Crippen molar-refractivity contribution in [1.29, 1.82) is 0 Å². The van der Waals surface area contributed by atoms with Crippen molar-refractivity contribution < 1.29 is 14.3 Å². The molecular formula is C17H26N4O3. The maximum atomic E-state index is 12.5. The zero-order valence-corrected chi connectivity index (χ0v) is 14.8. The van der Waals surface area contributed by atoms with Crippen LogP contribution in [0.1, 0.15) is 26.7 Å². The van der Waals surface area contributed by atoms with Crippen molar-refractivity contribution >= 4 is 11.9 Å². The molecule has 2 heterocycles. The predicted octanol–water partition coefficient (Wildman–Crippen LogP) is 1.24. The van der Waals surface area contributed by atoms with Gasteiger partial charge in [0, 0.05) is 38.4 Å². The second-order valence-electron chi connectivity index (χ2n) is 7.10. The van der Waals surface area contributed by atoms with Crippen LogP contribution in [0.5, 0.6) is 5.88 Å². The lowest BCUT2D eigenvalue weighted by molar-refractivity contribution is -0.140. The molecule has 3 rings (SSSR count). The Morgan fingerprint density at radius 2 is 2.08 bits per heavy atom. The smallest absolute Gasteiger partial charge is 0.251 e. The first-order valence-electron chi connectivity index (χ1n) is 8.42. The molecule has 7 nitrogen and oxygen atoms in total. The third kappa shape index (κ3) is 3.45. The van der Waals surface area contributed by atoms with Gasteiger partial charge >= 0.3 is 0 Å². The number of carbonyl (C=O) groups excluding carboxylic acids is 1. The van der Waals surface area contributed by atoms with Crippen molar-refractivity contribution in [1.82, 2.24) is 15.3 Å². The minimum Gasteiger partial charge on any atom is -0.481 e. The van der Waals surface area contributed by atoms with Crippen LogP contribution in [0.15, 0.2) is 12.3 Å². The molecule has 0 aromatic carbocycles. The molecule has 2 aliphatic rings. The molecule has 1 aromatic rings. The van der Waals surface area contributed by atoms with Crippen LogP contribution in [-0.2, 0) is 9.53 Å². The number of aromatic nitrogens is 2. The van der Waals surface area contributed by atoms with E-state index in [0.717, 1.165) is 6.54 Å². The molecule has 1 N–H and O–H groups in total. The standard InChI is InChI=1S/C17H26N4O3/c1-17(2,24-4)15(22)19-13-10-21(9-12(13)11-5-6-11)16-18-8-7-14(20-16)23-3/h7-8,11-13H,5-6,9-10H2,1-4H3,(H,19,22)/t12-,13+/m0/s1. The topological polar surface area (TPSA) is 76.6 Å². The maximum absolute atomic E-state index is 12.5. The van der Waals surface area contributed by atoms with E-state index in [1.165, 1.54) is 12.8 Å². The van der Waals surface area contributed by atoms with E-state index in [1.807, 2.05) is 0 Å². The normalized spacial score (nSPS) is 24.1. The summed E-state index contributed by atoms with van der Waals surface area (Å²) < 4.78 is 10.5. The Morgan fingerprint density at radius 3 is 2.71 bits per heavy atom. The fourth-order valence-electron chi connectivity index (χ4n) is 3.18. The van der Waals surface area contributed by atoms with Gasteiger partial charge in [-0.2, -0.15) is 4.98 Å². The molecule has 132 valence electrons. The first-order valence-corrected chi connectivity index (χ1v) is 8.42. The third-order valence-corrected chi connectivity index (χ3v) is 5.08. The molecule has 1 aromatic heterocycles. The van der Waals surface area contributed by atoms with Crippen molar-refractivity contribution in [3.63, 3.8) is 0 Å². The van der Waals surface area contributed by atoms with Crippen molar-refractivity contribution in [3.05, 3.63) is 12.3 Å². The summed E-state index contributed by atoms with van der Waals surface area (Å²) in [4.78, 5) is 23.4. The minimum absolute atomic E-state index is 0.0749. The molecule has 0 bridgehead atoms. The maximum Gasteiger partial charge on any atom is 0.251 e. The summed E-state index contributed by atoms with van der Waals surface area (Å²) in [6.45, 7) is 5.13. The van der Waals surface area contributed by atoms with Crippen LogP contribution in [-0.4, -0.2) is 54.8 Å². The van der Waals surface area contributed by atoms with E-state index >= 15 is 0 Å². The molecule has 1 aliphatic carbocycles. The molecular weight excluding hydrogens is 308 g/mol. The fourth-order valence-corrected chi connectivity index (χ4v) is 3.18. The second-order valence-corrected chi connectivity index (χ2v) is 7.10. The number of methoxy groups -OCH3 is 2. The van der Waals surface area contributed by atoms with E-state index in [0.29, 0.717) is 30.2 Å². The Labute approximate surface area is 142 Å². The minimum atomic E-state index is -0.825. The van der Waals surface area contributed by atoms with Crippen LogP contribution in [0.2, 0.25) is 0 Å². The Bertz CT molecular complexity index is 603. The summed E-state index contributed by atoms with van der Waals surface area (Å²) in [5.41, 5.74) is -0.825. The predicted molar refractivity (Wildman–Crippen MR) is 90.0 cm³/mol. The summed E-state index contributed by atoms with van der Waals surface area (Å²) in [6.07, 6.45) is 4.17. The average molecular weight is 334 g/mol. The highest BCUT2D eigenvalue weighted by Gasteiger charge is 2.45. The van der Waals surface area contributed by atoms with Crippen LogP contribution in [0.4, 0.5) is 5.95 Å². The molecule has 1 saturated carbocycles. The average Bonchev–Trinajstić information content (AvgIpc) is 3.35. The third-order valence-electron chi connectivity index (χ3n) is 5.08. The van der Waals surface area contributed by atoms with E-state index in [4.69, 9.17) is 9.47 Å². The highest BCUT2D eigenvalue weighted by Crippen LogP contribution is 2.42. The molecule has 24 heavy (non-hydrogen) atoms. The number of nitrogens with zero attached hydrogens (tertiary/aromatic N) is 3. The Hall–Kier alpha value is -1.89. The van der Waals surface area contributed by atoms with Crippen molar-refractivity contribution in [2.45, 2.75) is 38.3 Å². The first-order chi connectivity index (χ1) is 11.4. The molecule has 2 atom stereocenters. The number of ether oxygens (including phenoxy) is 2. The van der Waals surface area contributed by atoms with E-state index in [2.05, 4.69) is 20.2 Å². The van der Waals surface area contributed by atoms with Crippen molar-refractivity contribution in [2.75, 3.05) is 32.2 Å². The van der Waals surface area contributed by atoms with Gasteiger partial charge in [-0.25, -0.2) is 4.98 Å². The summed E-state index contributed by atoms with van der Waals surface area (Å²) in [5.74, 6) is 2.24. The number of amides is 1. The molecule has 0 spiro atoms. The van der Waals surface area contributed by atoms with Gasteiger partial charge in [-0.05, 0) is 32.6 Å². The quantitative estimate of drug-likeness (QED) is 0.843. The SMILES string of the molecule is COc1ccnc(N2C[C@@H](NC(=O)C(C)(C)OC)[C@H](C3CC3)C2)n1. The zero-order chi connectivity index (χ0) is 17.3. The number of carbonyl (C=O) groups is 1. The number of hydrogen-bond acceptors (Lipinski definition) is 6. The van der Waals surface area contributed by atoms with Gasteiger partial charge in [0.15, 0.2) is 0 Å². The molecule has 0 radical (unpaired) electrons. The highest BCUT2D eigenvalue weighted by molar-refractivity contribution is 5.84. The lowest BCUT2D eigenvalue weighted by Gasteiger charge is -2.26. The van der Waals surface area contributed by atoms with Gasteiger partial charge in [0.05, 0.1) is 13.2 Å². The van der Waals surface area contributed by atoms with Crippen LogP contribution < -0.4 is 15.0 Å². The summed E-state index contributed by atoms with van der Waals surface area (Å²) in [6, 6.07) is 1.83. The summed E-state index contributed by atoms with van der Waals surface area (Å²) >= 11 is 0. The summed E-state index contributed by atoms with van der Waals surface area (Å²) in [7, 11) is 3.15. The molecule has 0 unspecified atom stereocenters. The van der Waals surface area contributed by atoms with Crippen LogP contribution in [0.3, 0.4) is 0 Å². The van der Waals surface area contributed by atoms with Crippen molar-refractivity contribution in [3.8, 4) is 5.88 Å².